The maximum atomic E-state index is 12.2. The Morgan fingerprint density at radius 1 is 1.38 bits per heavy atom. The molecule has 0 saturated carbocycles. The van der Waals surface area contributed by atoms with Crippen LogP contribution in [0.2, 0.25) is 0 Å². The highest BCUT2D eigenvalue weighted by Crippen LogP contribution is 2.15. The van der Waals surface area contributed by atoms with Crippen molar-refractivity contribution in [3.05, 3.63) is 22.4 Å². The van der Waals surface area contributed by atoms with Gasteiger partial charge >= 0.3 is 0 Å². The van der Waals surface area contributed by atoms with Gasteiger partial charge in [0, 0.05) is 38.9 Å². The molecule has 21 heavy (non-hydrogen) atoms. The predicted octanol–water partition coefficient (Wildman–Crippen LogP) is 1.84. The molecule has 1 aromatic heterocycles. The van der Waals surface area contributed by atoms with Crippen molar-refractivity contribution in [1.82, 2.24) is 10.2 Å². The number of Topliss-reactive ketones (excluding diaryl/α,β-unsaturated/α-hetero) is 1. The lowest BCUT2D eigenvalue weighted by Crippen LogP contribution is -2.49. The van der Waals surface area contributed by atoms with Gasteiger partial charge in [-0.2, -0.15) is 0 Å². The molecule has 114 valence electrons. The van der Waals surface area contributed by atoms with Crippen molar-refractivity contribution in [2.45, 2.75) is 38.6 Å². The van der Waals surface area contributed by atoms with Gasteiger partial charge in [-0.1, -0.05) is 6.07 Å². The fourth-order valence-electron chi connectivity index (χ4n) is 2.55. The second-order valence-electron chi connectivity index (χ2n) is 5.28. The largest absolute Gasteiger partial charge is 0.352 e. The van der Waals surface area contributed by atoms with E-state index in [9.17, 15) is 14.4 Å². The number of likely N-dealkylation sites (tertiary alicyclic amines) is 1. The molecular formula is C15H20N2O3S. The number of carbonyl (C=O) groups excluding carboxylic acids is 3. The third kappa shape index (κ3) is 4.67. The number of piperidine rings is 1. The van der Waals surface area contributed by atoms with Crippen molar-refractivity contribution >= 4 is 28.9 Å². The van der Waals surface area contributed by atoms with E-state index in [0.29, 0.717) is 18.0 Å². The molecule has 0 unspecified atom stereocenters. The van der Waals surface area contributed by atoms with Crippen LogP contribution in [-0.2, 0) is 9.59 Å². The van der Waals surface area contributed by atoms with Crippen LogP contribution in [-0.4, -0.2) is 41.6 Å². The molecule has 1 aliphatic rings. The van der Waals surface area contributed by atoms with Crippen LogP contribution in [0.3, 0.4) is 0 Å². The summed E-state index contributed by atoms with van der Waals surface area (Å²) < 4.78 is 0. The smallest absolute Gasteiger partial charge is 0.223 e. The summed E-state index contributed by atoms with van der Waals surface area (Å²) in [4.78, 5) is 37.6. The first-order chi connectivity index (χ1) is 10.1. The van der Waals surface area contributed by atoms with Crippen molar-refractivity contribution in [2.75, 3.05) is 13.1 Å². The van der Waals surface area contributed by atoms with Crippen molar-refractivity contribution in [3.63, 3.8) is 0 Å². The highest BCUT2D eigenvalue weighted by atomic mass is 32.1. The highest BCUT2D eigenvalue weighted by molar-refractivity contribution is 7.12. The molecule has 0 aromatic carbocycles. The van der Waals surface area contributed by atoms with Gasteiger partial charge in [0.15, 0.2) is 5.78 Å². The summed E-state index contributed by atoms with van der Waals surface area (Å²) in [5.41, 5.74) is 0. The SMILES string of the molecule is CC(=O)N[C@H]1CCCN(C(=O)CCC(=O)c2cccs2)C1. The van der Waals surface area contributed by atoms with E-state index >= 15 is 0 Å². The molecule has 0 spiro atoms. The molecule has 1 saturated heterocycles. The van der Waals surface area contributed by atoms with Crippen LogP contribution in [0.1, 0.15) is 42.3 Å². The average Bonchev–Trinajstić information content (AvgIpc) is 2.98. The van der Waals surface area contributed by atoms with Gasteiger partial charge in [-0.3, -0.25) is 14.4 Å². The summed E-state index contributed by atoms with van der Waals surface area (Å²) in [6.45, 7) is 2.74. The minimum Gasteiger partial charge on any atom is -0.352 e. The second kappa shape index (κ2) is 7.36. The van der Waals surface area contributed by atoms with E-state index in [1.807, 2.05) is 11.4 Å². The first-order valence-electron chi connectivity index (χ1n) is 7.18. The van der Waals surface area contributed by atoms with Gasteiger partial charge in [0.2, 0.25) is 11.8 Å². The van der Waals surface area contributed by atoms with Crippen LogP contribution in [0.25, 0.3) is 0 Å². The fraction of sp³-hybridized carbons (Fsp3) is 0.533. The molecule has 2 heterocycles. The van der Waals surface area contributed by atoms with Crippen LogP contribution in [0.4, 0.5) is 0 Å². The summed E-state index contributed by atoms with van der Waals surface area (Å²) >= 11 is 1.40. The number of nitrogens with zero attached hydrogens (tertiary/aromatic N) is 1. The molecule has 1 atom stereocenters. The summed E-state index contributed by atoms with van der Waals surface area (Å²) in [5, 5.41) is 4.71. The Bertz CT molecular complexity index is 513. The molecule has 2 amide bonds. The number of rotatable bonds is 5. The Labute approximate surface area is 128 Å². The van der Waals surface area contributed by atoms with E-state index in [-0.39, 0.29) is 36.5 Å². The van der Waals surface area contributed by atoms with Gasteiger partial charge in [-0.15, -0.1) is 11.3 Å². The minimum atomic E-state index is -0.0674. The molecule has 1 aromatic rings. The molecule has 0 bridgehead atoms. The predicted molar refractivity (Wildman–Crippen MR) is 81.3 cm³/mol. The van der Waals surface area contributed by atoms with E-state index in [2.05, 4.69) is 5.32 Å². The number of hydrogen-bond acceptors (Lipinski definition) is 4. The van der Waals surface area contributed by atoms with Crippen LogP contribution in [0.5, 0.6) is 0 Å². The van der Waals surface area contributed by atoms with E-state index in [0.717, 1.165) is 12.8 Å². The van der Waals surface area contributed by atoms with E-state index in [1.54, 1.807) is 11.0 Å². The van der Waals surface area contributed by atoms with E-state index in [1.165, 1.54) is 18.3 Å². The number of thiophene rings is 1. The Hall–Kier alpha value is -1.69. The third-order valence-electron chi connectivity index (χ3n) is 3.54. The lowest BCUT2D eigenvalue weighted by molar-refractivity contribution is -0.133. The standard InChI is InChI=1S/C15H20N2O3S/c1-11(18)16-12-4-2-8-17(10-12)15(20)7-6-13(19)14-5-3-9-21-14/h3,5,9,12H,2,4,6-8,10H2,1H3,(H,16,18)/t12-/m0/s1. The summed E-state index contributed by atoms with van der Waals surface area (Å²) in [5.74, 6) is -0.0501. The van der Waals surface area contributed by atoms with E-state index < -0.39 is 0 Å². The summed E-state index contributed by atoms with van der Waals surface area (Å²) in [7, 11) is 0. The molecule has 6 heteroatoms. The monoisotopic (exact) mass is 308 g/mol. The number of carbonyl (C=O) groups is 3. The van der Waals surface area contributed by atoms with Crippen LogP contribution in [0, 0.1) is 0 Å². The molecule has 2 rings (SSSR count). The van der Waals surface area contributed by atoms with Gasteiger partial charge in [0.25, 0.3) is 0 Å². The molecule has 0 radical (unpaired) electrons. The van der Waals surface area contributed by atoms with Crippen molar-refractivity contribution in [3.8, 4) is 0 Å². The number of ketones is 1. The van der Waals surface area contributed by atoms with Gasteiger partial charge in [-0.05, 0) is 24.3 Å². The Kier molecular flexibility index (Phi) is 5.50. The Balaban J connectivity index is 1.80. The van der Waals surface area contributed by atoms with Crippen molar-refractivity contribution < 1.29 is 14.4 Å². The maximum Gasteiger partial charge on any atom is 0.223 e. The molecule has 1 N–H and O–H groups in total. The zero-order valence-electron chi connectivity index (χ0n) is 12.1. The molecule has 0 aliphatic carbocycles. The van der Waals surface area contributed by atoms with E-state index in [4.69, 9.17) is 0 Å². The van der Waals surface area contributed by atoms with Gasteiger partial charge in [0.1, 0.15) is 0 Å². The lowest BCUT2D eigenvalue weighted by Gasteiger charge is -2.33. The molecule has 1 fully saturated rings. The Morgan fingerprint density at radius 2 is 2.19 bits per heavy atom. The summed E-state index contributed by atoms with van der Waals surface area (Å²) in [6, 6.07) is 3.65. The maximum absolute atomic E-state index is 12.2. The minimum absolute atomic E-state index is 0.00467. The van der Waals surface area contributed by atoms with Crippen LogP contribution >= 0.6 is 11.3 Å². The Morgan fingerprint density at radius 3 is 2.86 bits per heavy atom. The molecular weight excluding hydrogens is 288 g/mol. The van der Waals surface area contributed by atoms with Gasteiger partial charge in [-0.25, -0.2) is 0 Å². The highest BCUT2D eigenvalue weighted by Gasteiger charge is 2.24. The van der Waals surface area contributed by atoms with Crippen molar-refractivity contribution in [2.24, 2.45) is 0 Å². The van der Waals surface area contributed by atoms with Gasteiger partial charge in [0.05, 0.1) is 4.88 Å². The van der Waals surface area contributed by atoms with Gasteiger partial charge < -0.3 is 10.2 Å². The fourth-order valence-corrected chi connectivity index (χ4v) is 3.24. The van der Waals surface area contributed by atoms with Crippen LogP contribution in [0.15, 0.2) is 17.5 Å². The summed E-state index contributed by atoms with van der Waals surface area (Å²) in [6.07, 6.45) is 2.28. The number of hydrogen-bond donors (Lipinski definition) is 1. The topological polar surface area (TPSA) is 66.5 Å². The first-order valence-corrected chi connectivity index (χ1v) is 8.06. The number of nitrogens with one attached hydrogen (secondary N) is 1. The zero-order chi connectivity index (χ0) is 15.2. The zero-order valence-corrected chi connectivity index (χ0v) is 12.9. The normalized spacial score (nSPS) is 18.3. The van der Waals surface area contributed by atoms with Crippen molar-refractivity contribution in [1.29, 1.82) is 0 Å². The number of amides is 2. The average molecular weight is 308 g/mol. The van der Waals surface area contributed by atoms with Crippen LogP contribution < -0.4 is 5.32 Å². The molecule has 1 aliphatic heterocycles. The lowest BCUT2D eigenvalue weighted by atomic mass is 10.0. The third-order valence-corrected chi connectivity index (χ3v) is 4.45. The second-order valence-corrected chi connectivity index (χ2v) is 6.23. The molecule has 5 nitrogen and oxygen atoms in total. The quantitative estimate of drug-likeness (QED) is 0.844. The first kappa shape index (κ1) is 15.7.